The number of nitrogens with two attached hydrogens (primary N) is 1. The molecule has 0 spiro atoms. The third-order valence-electron chi connectivity index (χ3n) is 5.18. The average Bonchev–Trinajstić information content (AvgIpc) is 2.50. The lowest BCUT2D eigenvalue weighted by atomic mass is 9.67. The summed E-state index contributed by atoms with van der Waals surface area (Å²) in [6.45, 7) is 0.221. The number of benzene rings is 1. The summed E-state index contributed by atoms with van der Waals surface area (Å²) < 4.78 is 18.5. The maximum Gasteiger partial charge on any atom is 0.223 e. The highest BCUT2D eigenvalue weighted by Crippen LogP contribution is 2.39. The van der Waals surface area contributed by atoms with Crippen molar-refractivity contribution in [2.45, 2.75) is 50.6 Å². The summed E-state index contributed by atoms with van der Waals surface area (Å²) in [7, 11) is 0. The minimum Gasteiger partial charge on any atom is -0.491 e. The van der Waals surface area contributed by atoms with Gasteiger partial charge in [-0.05, 0) is 55.7 Å². The highest BCUT2D eigenvalue weighted by atomic mass is 35.5. The predicted molar refractivity (Wildman–Crippen MR) is 98.7 cm³/mol. The Labute approximate surface area is 159 Å². The molecule has 2 atom stereocenters. The molecule has 140 valence electrons. The fraction of sp³-hybridized carbons (Fsp3) is 0.611. The Hall–Kier alpha value is -1.04. The molecule has 0 aliphatic heterocycles. The molecule has 3 rings (SSSR count). The van der Waals surface area contributed by atoms with Crippen molar-refractivity contribution in [3.05, 3.63) is 29.0 Å². The summed E-state index contributed by atoms with van der Waals surface area (Å²) in [6, 6.07) is 4.48. The normalized spacial score (nSPS) is 28.0. The molecule has 0 radical (unpaired) electrons. The van der Waals surface area contributed by atoms with E-state index in [2.05, 4.69) is 5.32 Å². The van der Waals surface area contributed by atoms with Crippen LogP contribution >= 0.6 is 24.0 Å². The van der Waals surface area contributed by atoms with Crippen LogP contribution < -0.4 is 15.8 Å². The number of carbonyl (C=O) groups excluding carboxylic acids is 1. The van der Waals surface area contributed by atoms with E-state index in [4.69, 9.17) is 22.1 Å². The number of hydrogen-bond donors (Lipinski definition) is 2. The number of carbonyl (C=O) groups is 1. The topological polar surface area (TPSA) is 64.3 Å². The lowest BCUT2D eigenvalue weighted by Gasteiger charge is -2.45. The third kappa shape index (κ3) is 5.22. The van der Waals surface area contributed by atoms with Gasteiger partial charge in [-0.1, -0.05) is 18.0 Å². The molecule has 1 aromatic rings. The monoisotopic (exact) mass is 390 g/mol. The lowest BCUT2D eigenvalue weighted by molar-refractivity contribution is -0.123. The van der Waals surface area contributed by atoms with Crippen LogP contribution in [0.2, 0.25) is 5.02 Å². The molecule has 7 heteroatoms. The van der Waals surface area contributed by atoms with Crippen LogP contribution in [0.25, 0.3) is 0 Å². The fourth-order valence-corrected chi connectivity index (χ4v) is 4.35. The van der Waals surface area contributed by atoms with E-state index in [0.717, 1.165) is 25.7 Å². The van der Waals surface area contributed by atoms with Crippen LogP contribution in [0.5, 0.6) is 5.75 Å². The van der Waals surface area contributed by atoms with Crippen molar-refractivity contribution in [2.24, 2.45) is 17.6 Å². The van der Waals surface area contributed by atoms with Gasteiger partial charge in [-0.2, -0.15) is 0 Å². The molecule has 3 N–H and O–H groups in total. The SMILES string of the molecule is Cl.NC1CC2CCCC(C1)C2NC(=O)CCOc1ccc(F)cc1Cl. The number of amides is 1. The van der Waals surface area contributed by atoms with Gasteiger partial charge in [-0.25, -0.2) is 4.39 Å². The average molecular weight is 391 g/mol. The maximum atomic E-state index is 13.0. The number of hydrogen-bond acceptors (Lipinski definition) is 3. The quantitative estimate of drug-likeness (QED) is 0.805. The molecular formula is C18H25Cl2FN2O2. The summed E-state index contributed by atoms with van der Waals surface area (Å²) in [6.07, 6.45) is 5.80. The molecule has 1 amide bonds. The molecule has 0 saturated heterocycles. The summed E-state index contributed by atoms with van der Waals surface area (Å²) in [5, 5.41) is 3.40. The summed E-state index contributed by atoms with van der Waals surface area (Å²) in [5.41, 5.74) is 6.12. The van der Waals surface area contributed by atoms with E-state index in [1.807, 2.05) is 0 Å². The Bertz CT molecular complexity index is 588. The van der Waals surface area contributed by atoms with Crippen LogP contribution in [0.1, 0.15) is 38.5 Å². The van der Waals surface area contributed by atoms with Gasteiger partial charge in [0.05, 0.1) is 18.1 Å². The minimum absolute atomic E-state index is 0. The van der Waals surface area contributed by atoms with Crippen LogP contribution in [0.4, 0.5) is 4.39 Å². The van der Waals surface area contributed by atoms with Crippen molar-refractivity contribution in [3.8, 4) is 5.75 Å². The Morgan fingerprint density at radius 2 is 2.00 bits per heavy atom. The number of nitrogens with one attached hydrogen (secondary N) is 1. The van der Waals surface area contributed by atoms with Crippen molar-refractivity contribution in [1.29, 1.82) is 0 Å². The molecule has 4 nitrogen and oxygen atoms in total. The van der Waals surface area contributed by atoms with E-state index in [1.165, 1.54) is 24.6 Å². The number of halogens is 3. The molecule has 2 bridgehead atoms. The minimum atomic E-state index is -0.410. The Balaban J connectivity index is 0.00000225. The molecule has 0 heterocycles. The molecule has 2 saturated carbocycles. The van der Waals surface area contributed by atoms with Crippen LogP contribution in [0.3, 0.4) is 0 Å². The lowest BCUT2D eigenvalue weighted by Crippen LogP contribution is -2.53. The Morgan fingerprint density at radius 3 is 2.64 bits per heavy atom. The first-order valence-corrected chi connectivity index (χ1v) is 9.03. The molecule has 2 aliphatic rings. The van der Waals surface area contributed by atoms with Crippen molar-refractivity contribution in [2.75, 3.05) is 6.61 Å². The Kier molecular flexibility index (Phi) is 7.35. The summed E-state index contributed by atoms with van der Waals surface area (Å²) in [5.74, 6) is 0.983. The molecule has 0 aromatic heterocycles. The molecular weight excluding hydrogens is 366 g/mol. The second-order valence-corrected chi connectivity index (χ2v) is 7.36. The molecule has 1 aromatic carbocycles. The number of rotatable bonds is 5. The second kappa shape index (κ2) is 9.06. The van der Waals surface area contributed by atoms with Crippen molar-refractivity contribution < 1.29 is 13.9 Å². The number of ether oxygens (including phenoxy) is 1. The van der Waals surface area contributed by atoms with Gasteiger partial charge in [0.15, 0.2) is 0 Å². The van der Waals surface area contributed by atoms with E-state index in [9.17, 15) is 9.18 Å². The van der Waals surface area contributed by atoms with Gasteiger partial charge >= 0.3 is 0 Å². The first kappa shape index (κ1) is 20.3. The third-order valence-corrected chi connectivity index (χ3v) is 5.48. The van der Waals surface area contributed by atoms with E-state index < -0.39 is 5.82 Å². The molecule has 2 aliphatic carbocycles. The molecule has 2 fully saturated rings. The van der Waals surface area contributed by atoms with E-state index >= 15 is 0 Å². The largest absolute Gasteiger partial charge is 0.491 e. The first-order valence-electron chi connectivity index (χ1n) is 8.65. The van der Waals surface area contributed by atoms with Gasteiger partial charge in [0, 0.05) is 12.1 Å². The zero-order chi connectivity index (χ0) is 17.1. The van der Waals surface area contributed by atoms with E-state index in [0.29, 0.717) is 17.6 Å². The first-order chi connectivity index (χ1) is 11.5. The van der Waals surface area contributed by atoms with E-state index in [-0.39, 0.29) is 48.4 Å². The smallest absolute Gasteiger partial charge is 0.223 e. The Morgan fingerprint density at radius 1 is 1.32 bits per heavy atom. The van der Waals surface area contributed by atoms with Crippen LogP contribution in [-0.2, 0) is 4.79 Å². The van der Waals surface area contributed by atoms with Gasteiger partial charge in [-0.3, -0.25) is 4.79 Å². The van der Waals surface area contributed by atoms with Crippen LogP contribution in [-0.4, -0.2) is 24.6 Å². The van der Waals surface area contributed by atoms with Crippen LogP contribution in [0.15, 0.2) is 18.2 Å². The van der Waals surface area contributed by atoms with Gasteiger partial charge in [0.25, 0.3) is 0 Å². The second-order valence-electron chi connectivity index (χ2n) is 6.95. The summed E-state index contributed by atoms with van der Waals surface area (Å²) >= 11 is 5.90. The fourth-order valence-electron chi connectivity index (χ4n) is 4.13. The zero-order valence-corrected chi connectivity index (χ0v) is 15.6. The maximum absolute atomic E-state index is 13.0. The van der Waals surface area contributed by atoms with Gasteiger partial charge < -0.3 is 15.8 Å². The summed E-state index contributed by atoms with van der Waals surface area (Å²) in [4.78, 5) is 12.2. The van der Waals surface area contributed by atoms with Crippen molar-refractivity contribution in [3.63, 3.8) is 0 Å². The van der Waals surface area contributed by atoms with Gasteiger partial charge in [-0.15, -0.1) is 12.4 Å². The van der Waals surface area contributed by atoms with E-state index in [1.54, 1.807) is 0 Å². The molecule has 25 heavy (non-hydrogen) atoms. The molecule has 2 unspecified atom stereocenters. The number of fused-ring (bicyclic) bond motifs is 2. The van der Waals surface area contributed by atoms with Crippen LogP contribution in [0, 0.1) is 17.7 Å². The van der Waals surface area contributed by atoms with Crippen molar-refractivity contribution >= 4 is 29.9 Å². The predicted octanol–water partition coefficient (Wildman–Crippen LogP) is 3.69. The van der Waals surface area contributed by atoms with Crippen molar-refractivity contribution in [1.82, 2.24) is 5.32 Å². The van der Waals surface area contributed by atoms with Gasteiger partial charge in [0.1, 0.15) is 11.6 Å². The zero-order valence-electron chi connectivity index (χ0n) is 14.0. The highest BCUT2D eigenvalue weighted by Gasteiger charge is 2.39. The highest BCUT2D eigenvalue weighted by molar-refractivity contribution is 6.32. The van der Waals surface area contributed by atoms with Gasteiger partial charge in [0.2, 0.25) is 5.91 Å². The standard InChI is InChI=1S/C18H24ClFN2O2.ClH/c19-15-10-13(20)4-5-16(15)24-7-6-17(23)22-18-11-2-1-3-12(18)9-14(21)8-11;/h4-5,10-12,14,18H,1-3,6-9,21H2,(H,22,23);1H.